The van der Waals surface area contributed by atoms with Crippen LogP contribution in [-0.2, 0) is 11.3 Å². The summed E-state index contributed by atoms with van der Waals surface area (Å²) in [5.41, 5.74) is 0. The molecule has 1 N–H and O–H groups in total. The molecule has 0 radical (unpaired) electrons. The molecule has 1 aromatic rings. The van der Waals surface area contributed by atoms with Crippen LogP contribution >= 0.6 is 0 Å². The van der Waals surface area contributed by atoms with Gasteiger partial charge >= 0.3 is 0 Å². The highest BCUT2D eigenvalue weighted by molar-refractivity contribution is 5.76. The molecule has 0 aliphatic heterocycles. The van der Waals surface area contributed by atoms with E-state index in [0.717, 1.165) is 11.8 Å². The lowest BCUT2D eigenvalue weighted by Crippen LogP contribution is -2.40. The maximum absolute atomic E-state index is 11.8. The van der Waals surface area contributed by atoms with Crippen LogP contribution in [0.4, 0.5) is 0 Å². The van der Waals surface area contributed by atoms with Gasteiger partial charge < -0.3 is 5.32 Å². The molecule has 1 aromatic heterocycles. The van der Waals surface area contributed by atoms with Crippen LogP contribution in [0, 0.1) is 11.8 Å². The standard InChI is InChI=1S/C11H16N4O/c16-10(7-15-6-5-12-14-15)13-11(8-1-2-8)9-3-4-9/h5-6,8-9,11H,1-4,7H2,(H,13,16). The first-order valence-electron chi connectivity index (χ1n) is 5.96. The van der Waals surface area contributed by atoms with Gasteiger partial charge in [-0.1, -0.05) is 5.21 Å². The lowest BCUT2D eigenvalue weighted by atomic mass is 10.1. The molecule has 3 rings (SSSR count). The number of rotatable bonds is 5. The third kappa shape index (κ3) is 2.23. The SMILES string of the molecule is O=C(Cn1ccnn1)NC(C1CC1)C1CC1. The van der Waals surface area contributed by atoms with Crippen molar-refractivity contribution >= 4 is 5.91 Å². The Labute approximate surface area is 94.2 Å². The topological polar surface area (TPSA) is 59.8 Å². The van der Waals surface area contributed by atoms with E-state index >= 15 is 0 Å². The molecule has 1 amide bonds. The molecule has 2 aliphatic rings. The van der Waals surface area contributed by atoms with Crippen LogP contribution in [-0.4, -0.2) is 26.9 Å². The molecule has 0 saturated heterocycles. The third-order valence-electron chi connectivity index (χ3n) is 3.36. The monoisotopic (exact) mass is 220 g/mol. The van der Waals surface area contributed by atoms with E-state index in [2.05, 4.69) is 15.6 Å². The zero-order valence-corrected chi connectivity index (χ0v) is 9.17. The maximum atomic E-state index is 11.8. The second kappa shape index (κ2) is 3.88. The Morgan fingerprint density at radius 3 is 2.56 bits per heavy atom. The van der Waals surface area contributed by atoms with E-state index < -0.39 is 0 Å². The Kier molecular flexibility index (Phi) is 2.38. The van der Waals surface area contributed by atoms with Gasteiger partial charge in [-0.15, -0.1) is 5.10 Å². The molecule has 2 fully saturated rings. The summed E-state index contributed by atoms with van der Waals surface area (Å²) in [5, 5.41) is 10.6. The Balaban J connectivity index is 1.54. The summed E-state index contributed by atoms with van der Waals surface area (Å²) in [6, 6.07) is 0.427. The van der Waals surface area contributed by atoms with Gasteiger partial charge in [-0.05, 0) is 37.5 Å². The van der Waals surface area contributed by atoms with Gasteiger partial charge in [-0.2, -0.15) is 0 Å². The lowest BCUT2D eigenvalue weighted by Gasteiger charge is -2.17. The van der Waals surface area contributed by atoms with E-state index in [0.29, 0.717) is 6.04 Å². The zero-order valence-electron chi connectivity index (χ0n) is 9.17. The zero-order chi connectivity index (χ0) is 11.0. The first-order valence-corrected chi connectivity index (χ1v) is 5.96. The van der Waals surface area contributed by atoms with Crippen molar-refractivity contribution in [2.24, 2.45) is 11.8 Å². The molecule has 0 unspecified atom stereocenters. The quantitative estimate of drug-likeness (QED) is 0.789. The van der Waals surface area contributed by atoms with Crippen molar-refractivity contribution in [2.75, 3.05) is 0 Å². The van der Waals surface area contributed by atoms with Crippen molar-refractivity contribution in [2.45, 2.75) is 38.3 Å². The van der Waals surface area contributed by atoms with E-state index in [1.165, 1.54) is 25.7 Å². The molecule has 2 saturated carbocycles. The third-order valence-corrected chi connectivity index (χ3v) is 3.36. The largest absolute Gasteiger partial charge is 0.351 e. The molecule has 0 bridgehead atoms. The number of aromatic nitrogens is 3. The minimum atomic E-state index is 0.0642. The van der Waals surface area contributed by atoms with Gasteiger partial charge in [0.05, 0.1) is 6.20 Å². The average Bonchev–Trinajstić information content (AvgIpc) is 3.17. The van der Waals surface area contributed by atoms with E-state index in [1.54, 1.807) is 17.1 Å². The van der Waals surface area contributed by atoms with Gasteiger partial charge in [-0.25, -0.2) is 4.68 Å². The molecule has 2 aliphatic carbocycles. The number of carbonyl (C=O) groups excluding carboxylic acids is 1. The molecule has 0 aromatic carbocycles. The van der Waals surface area contributed by atoms with Gasteiger partial charge in [0.2, 0.25) is 5.91 Å². The fraction of sp³-hybridized carbons (Fsp3) is 0.727. The van der Waals surface area contributed by atoms with Gasteiger partial charge in [-0.3, -0.25) is 4.79 Å². The summed E-state index contributed by atoms with van der Waals surface area (Å²) >= 11 is 0. The second-order valence-corrected chi connectivity index (χ2v) is 4.87. The minimum Gasteiger partial charge on any atom is -0.351 e. The van der Waals surface area contributed by atoms with Crippen LogP contribution in [0.3, 0.4) is 0 Å². The van der Waals surface area contributed by atoms with Crippen molar-refractivity contribution in [1.29, 1.82) is 0 Å². The number of hydrogen-bond acceptors (Lipinski definition) is 3. The van der Waals surface area contributed by atoms with E-state index in [4.69, 9.17) is 0 Å². The van der Waals surface area contributed by atoms with Crippen molar-refractivity contribution in [3.63, 3.8) is 0 Å². The summed E-state index contributed by atoms with van der Waals surface area (Å²) in [7, 11) is 0. The number of carbonyl (C=O) groups is 1. The van der Waals surface area contributed by atoms with E-state index in [-0.39, 0.29) is 12.5 Å². The summed E-state index contributed by atoms with van der Waals surface area (Å²) in [6.45, 7) is 0.288. The normalized spacial score (nSPS) is 20.1. The van der Waals surface area contributed by atoms with Gasteiger partial charge in [0.1, 0.15) is 6.54 Å². The Hall–Kier alpha value is -1.39. The van der Waals surface area contributed by atoms with Crippen LogP contribution in [0.15, 0.2) is 12.4 Å². The fourth-order valence-electron chi connectivity index (χ4n) is 2.23. The van der Waals surface area contributed by atoms with Crippen LogP contribution in [0.5, 0.6) is 0 Å². The molecule has 5 nitrogen and oxygen atoms in total. The first kappa shape index (κ1) is 9.81. The van der Waals surface area contributed by atoms with Gasteiger partial charge in [0.25, 0.3) is 0 Å². The number of amides is 1. The van der Waals surface area contributed by atoms with Crippen molar-refractivity contribution in [1.82, 2.24) is 20.3 Å². The van der Waals surface area contributed by atoms with Crippen molar-refractivity contribution in [3.05, 3.63) is 12.4 Å². The summed E-state index contributed by atoms with van der Waals surface area (Å²) in [6.07, 6.45) is 8.43. The maximum Gasteiger partial charge on any atom is 0.242 e. The summed E-state index contributed by atoms with van der Waals surface area (Å²) < 4.78 is 1.56. The van der Waals surface area contributed by atoms with Crippen molar-refractivity contribution in [3.8, 4) is 0 Å². The molecule has 0 atom stereocenters. The van der Waals surface area contributed by atoms with Crippen molar-refractivity contribution < 1.29 is 4.79 Å². The highest BCUT2D eigenvalue weighted by Gasteiger charge is 2.42. The number of nitrogens with zero attached hydrogens (tertiary/aromatic N) is 3. The molecule has 5 heteroatoms. The molecule has 0 spiro atoms. The lowest BCUT2D eigenvalue weighted by molar-refractivity contribution is -0.122. The highest BCUT2D eigenvalue weighted by Crippen LogP contribution is 2.44. The Morgan fingerprint density at radius 1 is 1.38 bits per heavy atom. The fourth-order valence-corrected chi connectivity index (χ4v) is 2.23. The smallest absolute Gasteiger partial charge is 0.242 e. The molecule has 16 heavy (non-hydrogen) atoms. The first-order chi connectivity index (χ1) is 7.83. The van der Waals surface area contributed by atoms with E-state index in [1.807, 2.05) is 0 Å². The summed E-state index contributed by atoms with van der Waals surface area (Å²) in [4.78, 5) is 11.8. The molecule has 1 heterocycles. The second-order valence-electron chi connectivity index (χ2n) is 4.87. The van der Waals surface area contributed by atoms with Crippen LogP contribution in [0.2, 0.25) is 0 Å². The van der Waals surface area contributed by atoms with E-state index in [9.17, 15) is 4.79 Å². The molecular weight excluding hydrogens is 204 g/mol. The molecule has 86 valence electrons. The average molecular weight is 220 g/mol. The number of nitrogens with one attached hydrogen (secondary N) is 1. The Morgan fingerprint density at radius 2 is 2.06 bits per heavy atom. The van der Waals surface area contributed by atoms with Gasteiger partial charge in [0, 0.05) is 12.2 Å². The predicted molar refractivity (Wildman–Crippen MR) is 57.4 cm³/mol. The minimum absolute atomic E-state index is 0.0642. The van der Waals surface area contributed by atoms with Crippen LogP contribution in [0.1, 0.15) is 25.7 Å². The Bertz CT molecular complexity index is 355. The predicted octanol–water partition coefficient (Wildman–Crippen LogP) is 0.583. The van der Waals surface area contributed by atoms with Crippen LogP contribution in [0.25, 0.3) is 0 Å². The van der Waals surface area contributed by atoms with Gasteiger partial charge in [0.15, 0.2) is 0 Å². The molecular formula is C11H16N4O. The summed E-state index contributed by atoms with van der Waals surface area (Å²) in [5.74, 6) is 1.55. The highest BCUT2D eigenvalue weighted by atomic mass is 16.2. The van der Waals surface area contributed by atoms with Crippen LogP contribution < -0.4 is 5.32 Å². The number of hydrogen-bond donors (Lipinski definition) is 1.